The van der Waals surface area contributed by atoms with Crippen LogP contribution in [-0.4, -0.2) is 42.6 Å². The Morgan fingerprint density at radius 3 is 2.60 bits per heavy atom. The van der Waals surface area contributed by atoms with E-state index in [2.05, 4.69) is 34.9 Å². The fourth-order valence-corrected chi connectivity index (χ4v) is 3.02. The molecule has 0 bridgehead atoms. The molecule has 0 aliphatic carbocycles. The molecule has 2 heterocycles. The fourth-order valence-electron chi connectivity index (χ4n) is 2.80. The maximum absolute atomic E-state index is 6.11. The van der Waals surface area contributed by atoms with Gasteiger partial charge in [0, 0.05) is 37.4 Å². The lowest BCUT2D eigenvalue weighted by atomic mass is 10.1. The summed E-state index contributed by atoms with van der Waals surface area (Å²) >= 11 is 6.11. The summed E-state index contributed by atoms with van der Waals surface area (Å²) in [6.07, 6.45) is 0. The van der Waals surface area contributed by atoms with Crippen molar-refractivity contribution in [3.63, 3.8) is 0 Å². The first kappa shape index (κ1) is 13.7. The van der Waals surface area contributed by atoms with Crippen molar-refractivity contribution in [2.24, 2.45) is 0 Å². The Morgan fingerprint density at radius 1 is 1.15 bits per heavy atom. The molecule has 20 heavy (non-hydrogen) atoms. The average Bonchev–Trinajstić information content (AvgIpc) is 2.54. The van der Waals surface area contributed by atoms with Gasteiger partial charge in [0.2, 0.25) is 0 Å². The van der Waals surface area contributed by atoms with Crippen molar-refractivity contribution in [3.8, 4) is 0 Å². The molecule has 4 heteroatoms. The molecule has 0 amide bonds. The van der Waals surface area contributed by atoms with Crippen LogP contribution < -0.4 is 4.90 Å². The molecule has 1 fully saturated rings. The lowest BCUT2D eigenvalue weighted by molar-refractivity contribution is 0.270. The van der Waals surface area contributed by atoms with Crippen molar-refractivity contribution >= 4 is 28.3 Å². The van der Waals surface area contributed by atoms with Crippen LogP contribution in [0.25, 0.3) is 10.9 Å². The number of anilines is 1. The normalized spacial score (nSPS) is 16.8. The minimum atomic E-state index is 0.533. The zero-order chi connectivity index (χ0) is 13.9. The zero-order valence-electron chi connectivity index (χ0n) is 11.8. The van der Waals surface area contributed by atoms with Crippen molar-refractivity contribution in [1.29, 1.82) is 0 Å². The van der Waals surface area contributed by atoms with E-state index in [1.54, 1.807) is 0 Å². The van der Waals surface area contributed by atoms with E-state index in [0.717, 1.165) is 44.1 Å². The summed E-state index contributed by atoms with van der Waals surface area (Å²) in [4.78, 5) is 9.65. The van der Waals surface area contributed by atoms with Crippen molar-refractivity contribution in [3.05, 3.63) is 35.9 Å². The van der Waals surface area contributed by atoms with Crippen LogP contribution in [0.1, 0.15) is 12.5 Å². The number of para-hydroxylation sites is 1. The number of piperazine rings is 1. The number of hydrogen-bond donors (Lipinski definition) is 0. The van der Waals surface area contributed by atoms with E-state index in [1.807, 2.05) is 12.1 Å². The number of hydrogen-bond acceptors (Lipinski definition) is 3. The van der Waals surface area contributed by atoms with Gasteiger partial charge in [-0.2, -0.15) is 0 Å². The van der Waals surface area contributed by atoms with Crippen LogP contribution in [-0.2, 0) is 5.88 Å². The van der Waals surface area contributed by atoms with Gasteiger partial charge in [0.25, 0.3) is 0 Å². The molecular weight excluding hydrogens is 270 g/mol. The predicted molar refractivity (Wildman–Crippen MR) is 85.6 cm³/mol. The SMILES string of the molecule is CCN1CCN(c2cc(CCl)c3ccccc3n2)CC1. The average molecular weight is 290 g/mol. The van der Waals surface area contributed by atoms with Gasteiger partial charge >= 0.3 is 0 Å². The summed E-state index contributed by atoms with van der Waals surface area (Å²) in [7, 11) is 0. The van der Waals surface area contributed by atoms with Gasteiger partial charge in [-0.25, -0.2) is 4.98 Å². The van der Waals surface area contributed by atoms with Crippen LogP contribution >= 0.6 is 11.6 Å². The fraction of sp³-hybridized carbons (Fsp3) is 0.438. The predicted octanol–water partition coefficient (Wildman–Crippen LogP) is 3.12. The van der Waals surface area contributed by atoms with Gasteiger partial charge in [-0.05, 0) is 24.2 Å². The summed E-state index contributed by atoms with van der Waals surface area (Å²) in [5.74, 6) is 1.60. The molecule has 0 atom stereocenters. The highest BCUT2D eigenvalue weighted by Crippen LogP contribution is 2.24. The number of pyridine rings is 1. The first-order valence-electron chi connectivity index (χ1n) is 7.23. The molecule has 3 nitrogen and oxygen atoms in total. The van der Waals surface area contributed by atoms with Gasteiger partial charge in [-0.15, -0.1) is 11.6 Å². The Hall–Kier alpha value is -1.32. The molecule has 1 aromatic heterocycles. The monoisotopic (exact) mass is 289 g/mol. The molecule has 0 spiro atoms. The topological polar surface area (TPSA) is 19.4 Å². The maximum atomic E-state index is 6.11. The van der Waals surface area contributed by atoms with Gasteiger partial charge in [0.15, 0.2) is 0 Å². The summed E-state index contributed by atoms with van der Waals surface area (Å²) < 4.78 is 0. The second kappa shape index (κ2) is 5.98. The second-order valence-corrected chi connectivity index (χ2v) is 5.48. The number of aromatic nitrogens is 1. The minimum absolute atomic E-state index is 0.533. The number of likely N-dealkylation sites (N-methyl/N-ethyl adjacent to an activating group) is 1. The van der Waals surface area contributed by atoms with Crippen molar-refractivity contribution < 1.29 is 0 Å². The quantitative estimate of drug-likeness (QED) is 0.810. The standard InChI is InChI=1S/C16H20ClN3/c1-2-19-7-9-20(10-8-19)16-11-13(12-17)14-5-3-4-6-15(14)18-16/h3-6,11H,2,7-10,12H2,1H3. The third-order valence-corrected chi connectivity index (χ3v) is 4.36. The molecule has 0 unspecified atom stereocenters. The minimum Gasteiger partial charge on any atom is -0.354 e. The zero-order valence-corrected chi connectivity index (χ0v) is 12.6. The highest BCUT2D eigenvalue weighted by atomic mass is 35.5. The molecule has 0 saturated carbocycles. The van der Waals surface area contributed by atoms with Gasteiger partial charge < -0.3 is 9.80 Å². The molecular formula is C16H20ClN3. The van der Waals surface area contributed by atoms with E-state index < -0.39 is 0 Å². The van der Waals surface area contributed by atoms with E-state index in [1.165, 1.54) is 10.9 Å². The molecule has 1 aliphatic rings. The smallest absolute Gasteiger partial charge is 0.129 e. The van der Waals surface area contributed by atoms with Gasteiger partial charge in [0.05, 0.1) is 5.52 Å². The number of nitrogens with zero attached hydrogens (tertiary/aromatic N) is 3. The lowest BCUT2D eigenvalue weighted by Gasteiger charge is -2.35. The third-order valence-electron chi connectivity index (χ3n) is 4.08. The molecule has 2 aromatic rings. The Balaban J connectivity index is 1.92. The summed E-state index contributed by atoms with van der Waals surface area (Å²) in [5.41, 5.74) is 2.21. The van der Waals surface area contributed by atoms with Crippen LogP contribution in [0.4, 0.5) is 5.82 Å². The Morgan fingerprint density at radius 2 is 1.90 bits per heavy atom. The van der Waals surface area contributed by atoms with E-state index >= 15 is 0 Å². The Kier molecular flexibility index (Phi) is 4.08. The van der Waals surface area contributed by atoms with Crippen molar-refractivity contribution in [2.75, 3.05) is 37.6 Å². The largest absolute Gasteiger partial charge is 0.354 e. The van der Waals surface area contributed by atoms with Crippen molar-refractivity contribution in [1.82, 2.24) is 9.88 Å². The van der Waals surface area contributed by atoms with E-state index in [4.69, 9.17) is 16.6 Å². The van der Waals surface area contributed by atoms with Gasteiger partial charge in [0.1, 0.15) is 5.82 Å². The lowest BCUT2D eigenvalue weighted by Crippen LogP contribution is -2.46. The van der Waals surface area contributed by atoms with Crippen molar-refractivity contribution in [2.45, 2.75) is 12.8 Å². The van der Waals surface area contributed by atoms with Crippen LogP contribution in [0.5, 0.6) is 0 Å². The number of fused-ring (bicyclic) bond motifs is 1. The summed E-state index contributed by atoms with van der Waals surface area (Å²) in [5, 5.41) is 1.17. The highest BCUT2D eigenvalue weighted by Gasteiger charge is 2.17. The third kappa shape index (κ3) is 2.60. The van der Waals surface area contributed by atoms with E-state index in [0.29, 0.717) is 5.88 Å². The van der Waals surface area contributed by atoms with Crippen LogP contribution in [0.15, 0.2) is 30.3 Å². The van der Waals surface area contributed by atoms with Gasteiger partial charge in [-0.1, -0.05) is 25.1 Å². The Labute approximate surface area is 125 Å². The Bertz CT molecular complexity index is 591. The first-order chi connectivity index (χ1) is 9.81. The number of benzene rings is 1. The van der Waals surface area contributed by atoms with E-state index in [-0.39, 0.29) is 0 Å². The van der Waals surface area contributed by atoms with Gasteiger partial charge in [-0.3, -0.25) is 0 Å². The molecule has 1 aliphatic heterocycles. The molecule has 3 rings (SSSR count). The molecule has 1 aromatic carbocycles. The summed E-state index contributed by atoms with van der Waals surface area (Å²) in [6.45, 7) is 7.66. The van der Waals surface area contributed by atoms with Crippen LogP contribution in [0.2, 0.25) is 0 Å². The van der Waals surface area contributed by atoms with E-state index in [9.17, 15) is 0 Å². The molecule has 106 valence electrons. The molecule has 1 saturated heterocycles. The first-order valence-corrected chi connectivity index (χ1v) is 7.77. The van der Waals surface area contributed by atoms with Crippen LogP contribution in [0, 0.1) is 0 Å². The molecule has 0 radical (unpaired) electrons. The number of alkyl halides is 1. The number of halogens is 1. The van der Waals surface area contributed by atoms with Crippen LogP contribution in [0.3, 0.4) is 0 Å². The molecule has 0 N–H and O–H groups in total. The highest BCUT2D eigenvalue weighted by molar-refractivity contribution is 6.18. The maximum Gasteiger partial charge on any atom is 0.129 e. The second-order valence-electron chi connectivity index (χ2n) is 5.21. The summed E-state index contributed by atoms with van der Waals surface area (Å²) in [6, 6.07) is 10.4. The number of rotatable bonds is 3.